The number of hydrogen-bond acceptors (Lipinski definition) is 9. The lowest BCUT2D eigenvalue weighted by Gasteiger charge is -2.25. The van der Waals surface area contributed by atoms with Crippen molar-refractivity contribution in [3.63, 3.8) is 0 Å². The molecule has 1 heterocycles. The molecule has 0 radical (unpaired) electrons. The highest BCUT2D eigenvalue weighted by atomic mass is 33.1. The van der Waals surface area contributed by atoms with Crippen molar-refractivity contribution in [2.45, 2.75) is 50.4 Å². The largest absolute Gasteiger partial charge is 0.449 e. The summed E-state index contributed by atoms with van der Waals surface area (Å²) in [6.45, 7) is 3.75. The van der Waals surface area contributed by atoms with Crippen LogP contribution >= 0.6 is 21.6 Å². The Bertz CT molecular complexity index is 1090. The predicted octanol–water partition coefficient (Wildman–Crippen LogP) is 2.64. The van der Waals surface area contributed by atoms with Gasteiger partial charge >= 0.3 is 12.1 Å². The van der Waals surface area contributed by atoms with Gasteiger partial charge in [-0.25, -0.2) is 14.6 Å². The third-order valence-corrected chi connectivity index (χ3v) is 7.64. The lowest BCUT2D eigenvalue weighted by Crippen LogP contribution is -2.54. The number of benzene rings is 1. The Balaban J connectivity index is 1.92. The second-order valence-corrected chi connectivity index (χ2v) is 11.3. The molecular formula is C26H36N6O6S2. The SMILES string of the molecule is CC(C)[C@H](NC(=O)OCCSSc1ccccn1)C(=O)NC(CCCNC(N)=O)C(=O)Nc1ccc(CO)cc1. The highest BCUT2D eigenvalue weighted by Gasteiger charge is 2.29. The quantitative estimate of drug-likeness (QED) is 0.126. The summed E-state index contributed by atoms with van der Waals surface area (Å²) >= 11 is 0. The number of pyridine rings is 1. The molecule has 5 amide bonds. The molecule has 1 aromatic carbocycles. The smallest absolute Gasteiger partial charge is 0.407 e. The van der Waals surface area contributed by atoms with Crippen LogP contribution in [0.3, 0.4) is 0 Å². The average Bonchev–Trinajstić information content (AvgIpc) is 2.93. The van der Waals surface area contributed by atoms with Crippen molar-refractivity contribution >= 4 is 51.2 Å². The molecule has 14 heteroatoms. The van der Waals surface area contributed by atoms with Gasteiger partial charge in [-0.15, -0.1) is 0 Å². The molecule has 218 valence electrons. The van der Waals surface area contributed by atoms with Gasteiger partial charge in [0.2, 0.25) is 11.8 Å². The van der Waals surface area contributed by atoms with E-state index in [-0.39, 0.29) is 32.1 Å². The Morgan fingerprint density at radius 2 is 1.80 bits per heavy atom. The Hall–Kier alpha value is -3.49. The van der Waals surface area contributed by atoms with Gasteiger partial charge in [0.25, 0.3) is 0 Å². The van der Waals surface area contributed by atoms with E-state index in [1.807, 2.05) is 18.2 Å². The van der Waals surface area contributed by atoms with Gasteiger partial charge in [0, 0.05) is 24.2 Å². The fraction of sp³-hybridized carbons (Fsp3) is 0.423. The monoisotopic (exact) mass is 592 g/mol. The van der Waals surface area contributed by atoms with Crippen molar-refractivity contribution in [1.82, 2.24) is 20.9 Å². The molecule has 0 bridgehead atoms. The number of anilines is 1. The molecule has 0 fully saturated rings. The zero-order valence-electron chi connectivity index (χ0n) is 22.4. The Labute approximate surface area is 241 Å². The van der Waals surface area contributed by atoms with Gasteiger partial charge in [-0.05, 0) is 59.4 Å². The van der Waals surface area contributed by atoms with E-state index in [0.29, 0.717) is 23.4 Å². The molecule has 0 aliphatic carbocycles. The number of ether oxygens (including phenoxy) is 1. The van der Waals surface area contributed by atoms with Gasteiger partial charge < -0.3 is 36.8 Å². The van der Waals surface area contributed by atoms with E-state index in [1.54, 1.807) is 44.3 Å². The second-order valence-electron chi connectivity index (χ2n) is 8.91. The zero-order chi connectivity index (χ0) is 29.3. The van der Waals surface area contributed by atoms with E-state index in [4.69, 9.17) is 10.5 Å². The summed E-state index contributed by atoms with van der Waals surface area (Å²) in [5, 5.41) is 20.5. The maximum Gasteiger partial charge on any atom is 0.407 e. The van der Waals surface area contributed by atoms with Crippen LogP contribution in [0.2, 0.25) is 0 Å². The lowest BCUT2D eigenvalue weighted by atomic mass is 10.0. The number of alkyl carbamates (subject to hydrolysis) is 1. The first kappa shape index (κ1) is 32.7. The highest BCUT2D eigenvalue weighted by molar-refractivity contribution is 8.76. The number of aromatic nitrogens is 1. The highest BCUT2D eigenvalue weighted by Crippen LogP contribution is 2.28. The van der Waals surface area contributed by atoms with Gasteiger partial charge in [0.1, 0.15) is 23.7 Å². The molecule has 0 saturated carbocycles. The maximum atomic E-state index is 13.2. The number of nitrogens with zero attached hydrogens (tertiary/aromatic N) is 1. The average molecular weight is 593 g/mol. The van der Waals surface area contributed by atoms with Gasteiger partial charge in [0.15, 0.2) is 0 Å². The Kier molecular flexibility index (Phi) is 14.7. The number of carbonyl (C=O) groups excluding carboxylic acids is 4. The maximum absolute atomic E-state index is 13.2. The molecule has 7 N–H and O–H groups in total. The van der Waals surface area contributed by atoms with Gasteiger partial charge in [-0.3, -0.25) is 9.59 Å². The third-order valence-electron chi connectivity index (χ3n) is 5.41. The van der Waals surface area contributed by atoms with E-state index >= 15 is 0 Å². The standard InChI is InChI=1S/C26H36N6O6S2/c1-17(2)22(32-26(37)38-14-15-39-40-21-7-3-4-12-28-21)24(35)31-20(6-5-13-29-25(27)36)23(34)30-19-10-8-18(16-33)9-11-19/h3-4,7-12,17,20,22,33H,5-6,13-16H2,1-2H3,(H,30,34)(H,31,35)(H,32,37)(H3,27,29,36)/t20?,22-/m0/s1. The van der Waals surface area contributed by atoms with Gasteiger partial charge in [-0.1, -0.05) is 42.8 Å². The van der Waals surface area contributed by atoms with Crippen LogP contribution in [0.5, 0.6) is 0 Å². The number of primary amides is 1. The van der Waals surface area contributed by atoms with E-state index in [0.717, 1.165) is 5.03 Å². The summed E-state index contributed by atoms with van der Waals surface area (Å²) in [6.07, 6.45) is 1.52. The van der Waals surface area contributed by atoms with Crippen molar-refractivity contribution in [3.05, 3.63) is 54.2 Å². The van der Waals surface area contributed by atoms with Crippen molar-refractivity contribution in [2.75, 3.05) is 24.2 Å². The number of hydrogen-bond donors (Lipinski definition) is 6. The number of aliphatic hydroxyl groups excluding tert-OH is 1. The number of aliphatic hydroxyl groups is 1. The molecule has 0 aliphatic rings. The normalized spacial score (nSPS) is 12.2. The molecule has 40 heavy (non-hydrogen) atoms. The minimum absolute atomic E-state index is 0.130. The van der Waals surface area contributed by atoms with Crippen LogP contribution in [-0.2, 0) is 20.9 Å². The van der Waals surface area contributed by atoms with Crippen LogP contribution in [-0.4, -0.2) is 65.0 Å². The summed E-state index contributed by atoms with van der Waals surface area (Å²) in [5.74, 6) is -0.802. The van der Waals surface area contributed by atoms with Crippen LogP contribution in [0.15, 0.2) is 53.7 Å². The van der Waals surface area contributed by atoms with Gasteiger partial charge in [0.05, 0.1) is 6.61 Å². The summed E-state index contributed by atoms with van der Waals surface area (Å²) in [7, 11) is 2.95. The summed E-state index contributed by atoms with van der Waals surface area (Å²) in [5.41, 5.74) is 6.27. The van der Waals surface area contributed by atoms with Crippen LogP contribution < -0.4 is 27.0 Å². The third kappa shape index (κ3) is 12.6. The number of amides is 5. The molecule has 0 spiro atoms. The fourth-order valence-electron chi connectivity index (χ4n) is 3.34. The van der Waals surface area contributed by atoms with Crippen LogP contribution in [0, 0.1) is 5.92 Å². The van der Waals surface area contributed by atoms with Crippen molar-refractivity contribution < 1.29 is 29.0 Å². The van der Waals surface area contributed by atoms with E-state index in [1.165, 1.54) is 21.6 Å². The summed E-state index contributed by atoms with van der Waals surface area (Å²) < 4.78 is 5.23. The van der Waals surface area contributed by atoms with Crippen molar-refractivity contribution in [2.24, 2.45) is 11.7 Å². The lowest BCUT2D eigenvalue weighted by molar-refractivity contribution is -0.128. The minimum atomic E-state index is -0.959. The molecule has 0 aliphatic heterocycles. The molecule has 2 atom stereocenters. The number of carbonyl (C=O) groups is 4. The minimum Gasteiger partial charge on any atom is -0.449 e. The molecular weight excluding hydrogens is 556 g/mol. The molecule has 0 saturated heterocycles. The first-order valence-electron chi connectivity index (χ1n) is 12.7. The predicted molar refractivity (Wildman–Crippen MR) is 155 cm³/mol. The van der Waals surface area contributed by atoms with E-state index in [9.17, 15) is 24.3 Å². The van der Waals surface area contributed by atoms with Crippen LogP contribution in [0.25, 0.3) is 0 Å². The molecule has 1 aromatic heterocycles. The van der Waals surface area contributed by atoms with Gasteiger partial charge in [-0.2, -0.15) is 0 Å². The van der Waals surface area contributed by atoms with Crippen molar-refractivity contribution in [1.29, 1.82) is 0 Å². The Morgan fingerprint density at radius 1 is 1.05 bits per heavy atom. The van der Waals surface area contributed by atoms with E-state index in [2.05, 4.69) is 26.3 Å². The fourth-order valence-corrected chi connectivity index (χ4v) is 5.05. The second kappa shape index (κ2) is 18.0. The van der Waals surface area contributed by atoms with Crippen molar-refractivity contribution in [3.8, 4) is 0 Å². The van der Waals surface area contributed by atoms with Crippen LogP contribution in [0.1, 0.15) is 32.3 Å². The molecule has 12 nitrogen and oxygen atoms in total. The molecule has 2 rings (SSSR count). The Morgan fingerprint density at radius 3 is 2.42 bits per heavy atom. The number of nitrogens with two attached hydrogens (primary N) is 1. The number of rotatable bonds is 16. The van der Waals surface area contributed by atoms with E-state index < -0.39 is 36.0 Å². The zero-order valence-corrected chi connectivity index (χ0v) is 24.1. The molecule has 2 aromatic rings. The topological polar surface area (TPSA) is 185 Å². The number of urea groups is 1. The summed E-state index contributed by atoms with van der Waals surface area (Å²) in [6, 6.07) is 9.60. The molecule has 1 unspecified atom stereocenters. The van der Waals surface area contributed by atoms with Crippen LogP contribution in [0.4, 0.5) is 15.3 Å². The summed E-state index contributed by atoms with van der Waals surface area (Å²) in [4.78, 5) is 53.8. The number of nitrogens with one attached hydrogen (secondary N) is 4. The first-order chi connectivity index (χ1) is 19.2. The first-order valence-corrected chi connectivity index (χ1v) is 15.0.